The van der Waals surface area contributed by atoms with Gasteiger partial charge in [0, 0.05) is 45.3 Å². The molecule has 1 aromatic rings. The standard InChI is InChI=1S/C17H27N3O/c1-15-3-2-4-17(13-15)21-12-11-19-8-5-16(14-19)20-9-6-18-7-10-20/h2-4,13,16,18H,5-12,14H2,1H3. The quantitative estimate of drug-likeness (QED) is 0.886. The molecule has 0 radical (unpaired) electrons. The van der Waals surface area contributed by atoms with Crippen LogP contribution in [0.5, 0.6) is 5.75 Å². The zero-order valence-electron chi connectivity index (χ0n) is 13.1. The van der Waals surface area contributed by atoms with Crippen molar-refractivity contribution in [1.29, 1.82) is 0 Å². The Kier molecular flexibility index (Phi) is 5.12. The molecule has 2 aliphatic rings. The average Bonchev–Trinajstić information content (AvgIpc) is 2.97. The van der Waals surface area contributed by atoms with Gasteiger partial charge in [0.15, 0.2) is 0 Å². The minimum absolute atomic E-state index is 0.756. The van der Waals surface area contributed by atoms with Crippen LogP contribution in [0.4, 0.5) is 0 Å². The van der Waals surface area contributed by atoms with Gasteiger partial charge in [0.2, 0.25) is 0 Å². The van der Waals surface area contributed by atoms with Crippen molar-refractivity contribution in [2.75, 3.05) is 52.4 Å². The topological polar surface area (TPSA) is 27.7 Å². The Balaban J connectivity index is 1.38. The number of nitrogens with one attached hydrogen (secondary N) is 1. The van der Waals surface area contributed by atoms with Crippen LogP contribution in [0.1, 0.15) is 12.0 Å². The molecule has 0 saturated carbocycles. The van der Waals surface area contributed by atoms with Crippen LogP contribution in [-0.4, -0.2) is 68.3 Å². The van der Waals surface area contributed by atoms with Gasteiger partial charge in [-0.05, 0) is 37.6 Å². The first-order valence-electron chi connectivity index (χ1n) is 8.18. The first-order valence-corrected chi connectivity index (χ1v) is 8.18. The van der Waals surface area contributed by atoms with Gasteiger partial charge in [-0.2, -0.15) is 0 Å². The third-order valence-corrected chi connectivity index (χ3v) is 4.58. The predicted molar refractivity (Wildman–Crippen MR) is 86.0 cm³/mol. The monoisotopic (exact) mass is 289 g/mol. The van der Waals surface area contributed by atoms with Gasteiger partial charge in [-0.3, -0.25) is 9.80 Å². The van der Waals surface area contributed by atoms with E-state index in [2.05, 4.69) is 40.2 Å². The molecular formula is C17H27N3O. The summed E-state index contributed by atoms with van der Waals surface area (Å²) in [7, 11) is 0. The number of piperazine rings is 1. The van der Waals surface area contributed by atoms with E-state index in [1.807, 2.05) is 6.07 Å². The van der Waals surface area contributed by atoms with Crippen molar-refractivity contribution in [2.45, 2.75) is 19.4 Å². The van der Waals surface area contributed by atoms with Crippen LogP contribution in [0.3, 0.4) is 0 Å². The molecule has 2 heterocycles. The fourth-order valence-electron chi connectivity index (χ4n) is 3.36. The molecular weight excluding hydrogens is 262 g/mol. The van der Waals surface area contributed by atoms with E-state index in [1.54, 1.807) is 0 Å². The maximum atomic E-state index is 5.86. The number of ether oxygens (including phenoxy) is 1. The Labute approximate surface area is 128 Å². The average molecular weight is 289 g/mol. The van der Waals surface area contributed by atoms with E-state index in [0.717, 1.165) is 38.0 Å². The summed E-state index contributed by atoms with van der Waals surface area (Å²) in [6.07, 6.45) is 1.31. The molecule has 116 valence electrons. The SMILES string of the molecule is Cc1cccc(OCCN2CCC(N3CCNCC3)C2)c1. The molecule has 0 bridgehead atoms. The molecule has 3 rings (SSSR count). The summed E-state index contributed by atoms with van der Waals surface area (Å²) in [6.45, 7) is 11.1. The summed E-state index contributed by atoms with van der Waals surface area (Å²) < 4.78 is 5.86. The highest BCUT2D eigenvalue weighted by Crippen LogP contribution is 2.16. The second-order valence-corrected chi connectivity index (χ2v) is 6.19. The van der Waals surface area contributed by atoms with Crippen molar-refractivity contribution in [3.8, 4) is 5.75 Å². The van der Waals surface area contributed by atoms with Crippen molar-refractivity contribution < 1.29 is 4.74 Å². The van der Waals surface area contributed by atoms with Crippen molar-refractivity contribution in [2.24, 2.45) is 0 Å². The normalized spacial score (nSPS) is 24.3. The van der Waals surface area contributed by atoms with Gasteiger partial charge in [-0.15, -0.1) is 0 Å². The fourth-order valence-corrected chi connectivity index (χ4v) is 3.36. The van der Waals surface area contributed by atoms with Crippen LogP contribution >= 0.6 is 0 Å². The summed E-state index contributed by atoms with van der Waals surface area (Å²) in [5.74, 6) is 0.993. The number of rotatable bonds is 5. The van der Waals surface area contributed by atoms with E-state index >= 15 is 0 Å². The smallest absolute Gasteiger partial charge is 0.119 e. The molecule has 0 amide bonds. The van der Waals surface area contributed by atoms with E-state index in [0.29, 0.717) is 0 Å². The largest absolute Gasteiger partial charge is 0.492 e. The van der Waals surface area contributed by atoms with Crippen LogP contribution in [0.2, 0.25) is 0 Å². The second kappa shape index (κ2) is 7.25. The highest BCUT2D eigenvalue weighted by Gasteiger charge is 2.27. The summed E-state index contributed by atoms with van der Waals surface area (Å²) in [5, 5.41) is 3.43. The first-order chi connectivity index (χ1) is 10.3. The number of aryl methyl sites for hydroxylation is 1. The minimum atomic E-state index is 0.756. The second-order valence-electron chi connectivity index (χ2n) is 6.19. The summed E-state index contributed by atoms with van der Waals surface area (Å²) in [5.41, 5.74) is 1.26. The molecule has 4 nitrogen and oxygen atoms in total. The Morgan fingerprint density at radius 2 is 2.10 bits per heavy atom. The third kappa shape index (κ3) is 4.19. The molecule has 1 atom stereocenters. The van der Waals surface area contributed by atoms with Crippen LogP contribution in [0.15, 0.2) is 24.3 Å². The number of hydrogen-bond donors (Lipinski definition) is 1. The van der Waals surface area contributed by atoms with Crippen molar-refractivity contribution in [3.63, 3.8) is 0 Å². The highest BCUT2D eigenvalue weighted by molar-refractivity contribution is 5.27. The number of hydrogen-bond acceptors (Lipinski definition) is 4. The molecule has 4 heteroatoms. The van der Waals surface area contributed by atoms with Gasteiger partial charge >= 0.3 is 0 Å². The maximum Gasteiger partial charge on any atom is 0.119 e. The Bertz CT molecular complexity index is 445. The lowest BCUT2D eigenvalue weighted by atomic mass is 10.2. The van der Waals surface area contributed by atoms with Crippen LogP contribution in [0, 0.1) is 6.92 Å². The molecule has 2 saturated heterocycles. The maximum absolute atomic E-state index is 5.86. The lowest BCUT2D eigenvalue weighted by molar-refractivity contribution is 0.165. The molecule has 1 N–H and O–H groups in total. The molecule has 2 fully saturated rings. The van der Waals surface area contributed by atoms with E-state index in [1.165, 1.54) is 38.2 Å². The van der Waals surface area contributed by atoms with E-state index < -0.39 is 0 Å². The number of benzene rings is 1. The van der Waals surface area contributed by atoms with Gasteiger partial charge in [-0.1, -0.05) is 12.1 Å². The Hall–Kier alpha value is -1.10. The van der Waals surface area contributed by atoms with Gasteiger partial charge in [-0.25, -0.2) is 0 Å². The zero-order chi connectivity index (χ0) is 14.5. The summed E-state index contributed by atoms with van der Waals surface area (Å²) in [4.78, 5) is 5.19. The summed E-state index contributed by atoms with van der Waals surface area (Å²) in [6, 6.07) is 9.06. The lowest BCUT2D eigenvalue weighted by Crippen LogP contribution is -2.49. The van der Waals surface area contributed by atoms with Crippen molar-refractivity contribution >= 4 is 0 Å². The molecule has 0 aromatic heterocycles. The molecule has 0 spiro atoms. The third-order valence-electron chi connectivity index (χ3n) is 4.58. The Morgan fingerprint density at radius 3 is 2.90 bits per heavy atom. The van der Waals surface area contributed by atoms with Crippen LogP contribution < -0.4 is 10.1 Å². The van der Waals surface area contributed by atoms with Gasteiger partial charge in [0.05, 0.1) is 0 Å². The number of likely N-dealkylation sites (tertiary alicyclic amines) is 1. The Morgan fingerprint density at radius 1 is 1.24 bits per heavy atom. The molecule has 0 aliphatic carbocycles. The van der Waals surface area contributed by atoms with Crippen molar-refractivity contribution in [3.05, 3.63) is 29.8 Å². The van der Waals surface area contributed by atoms with Gasteiger partial charge in [0.25, 0.3) is 0 Å². The number of nitrogens with zero attached hydrogens (tertiary/aromatic N) is 2. The summed E-state index contributed by atoms with van der Waals surface area (Å²) >= 11 is 0. The predicted octanol–water partition coefficient (Wildman–Crippen LogP) is 1.35. The molecule has 1 aromatic carbocycles. The molecule has 1 unspecified atom stereocenters. The van der Waals surface area contributed by atoms with E-state index in [-0.39, 0.29) is 0 Å². The molecule has 21 heavy (non-hydrogen) atoms. The van der Waals surface area contributed by atoms with Crippen LogP contribution in [0.25, 0.3) is 0 Å². The lowest BCUT2D eigenvalue weighted by Gasteiger charge is -2.32. The minimum Gasteiger partial charge on any atom is -0.492 e. The van der Waals surface area contributed by atoms with Gasteiger partial charge in [0.1, 0.15) is 12.4 Å². The van der Waals surface area contributed by atoms with E-state index in [9.17, 15) is 0 Å². The van der Waals surface area contributed by atoms with E-state index in [4.69, 9.17) is 4.74 Å². The highest BCUT2D eigenvalue weighted by atomic mass is 16.5. The molecule has 2 aliphatic heterocycles. The first kappa shape index (κ1) is 14.8. The zero-order valence-corrected chi connectivity index (χ0v) is 13.1. The fraction of sp³-hybridized carbons (Fsp3) is 0.647. The van der Waals surface area contributed by atoms with Gasteiger partial charge < -0.3 is 10.1 Å². The van der Waals surface area contributed by atoms with Crippen molar-refractivity contribution in [1.82, 2.24) is 15.1 Å². The van der Waals surface area contributed by atoms with Crippen LogP contribution in [-0.2, 0) is 0 Å².